The zero-order valence-corrected chi connectivity index (χ0v) is 8.28. The van der Waals surface area contributed by atoms with Crippen LogP contribution in [0.25, 0.3) is 0 Å². The molecule has 0 aliphatic heterocycles. The van der Waals surface area contributed by atoms with Crippen LogP contribution in [-0.4, -0.2) is 6.08 Å². The Bertz CT molecular complexity index is 290. The van der Waals surface area contributed by atoms with Crippen molar-refractivity contribution in [2.24, 2.45) is 4.99 Å². The summed E-state index contributed by atoms with van der Waals surface area (Å²) in [5.74, 6) is 0. The molecule has 1 heterocycles. The van der Waals surface area contributed by atoms with Crippen LogP contribution in [-0.2, 0) is 4.79 Å². The minimum absolute atomic E-state index is 0.0659. The Morgan fingerprint density at radius 3 is 2.91 bits per heavy atom. The van der Waals surface area contributed by atoms with E-state index in [2.05, 4.69) is 20.9 Å². The Morgan fingerprint density at radius 1 is 1.73 bits per heavy atom. The summed E-state index contributed by atoms with van der Waals surface area (Å²) in [6.45, 7) is 1.86. The number of aliphatic imine (C=N–C) groups is 1. The first-order chi connectivity index (χ1) is 5.24. The van der Waals surface area contributed by atoms with Crippen LogP contribution >= 0.6 is 27.3 Å². The molecule has 0 N–H and O–H groups in total. The molecule has 0 amide bonds. The molecule has 0 aromatic carbocycles. The highest BCUT2D eigenvalue weighted by molar-refractivity contribution is 9.11. The quantitative estimate of drug-likeness (QED) is 0.569. The summed E-state index contributed by atoms with van der Waals surface area (Å²) < 4.78 is 1.06. The Labute approximate surface area is 77.1 Å². The van der Waals surface area contributed by atoms with Crippen molar-refractivity contribution in [2.75, 3.05) is 0 Å². The summed E-state index contributed by atoms with van der Waals surface area (Å²) in [4.78, 5) is 14.6. The predicted octanol–water partition coefficient (Wildman–Crippen LogP) is 2.91. The van der Waals surface area contributed by atoms with Gasteiger partial charge >= 0.3 is 0 Å². The van der Waals surface area contributed by atoms with Gasteiger partial charge in [-0.25, -0.2) is 4.79 Å². The molecule has 1 unspecified atom stereocenters. The van der Waals surface area contributed by atoms with Gasteiger partial charge in [-0.2, -0.15) is 4.99 Å². The molecule has 0 radical (unpaired) electrons. The molecule has 1 aromatic heterocycles. The fourth-order valence-electron chi connectivity index (χ4n) is 0.695. The molecule has 0 fully saturated rings. The molecular weight excluding hydrogens is 226 g/mol. The summed E-state index contributed by atoms with van der Waals surface area (Å²) in [7, 11) is 0. The Kier molecular flexibility index (Phi) is 3.00. The van der Waals surface area contributed by atoms with E-state index in [1.165, 1.54) is 0 Å². The lowest BCUT2D eigenvalue weighted by Gasteiger charge is -1.96. The van der Waals surface area contributed by atoms with Gasteiger partial charge < -0.3 is 0 Å². The first-order valence-electron chi connectivity index (χ1n) is 3.06. The number of nitrogens with zero attached hydrogens (tertiary/aromatic N) is 1. The van der Waals surface area contributed by atoms with Crippen molar-refractivity contribution in [3.8, 4) is 0 Å². The van der Waals surface area contributed by atoms with Crippen molar-refractivity contribution in [1.29, 1.82) is 0 Å². The van der Waals surface area contributed by atoms with Crippen LogP contribution in [0.5, 0.6) is 0 Å². The smallest absolute Gasteiger partial charge is 0.211 e. The van der Waals surface area contributed by atoms with Gasteiger partial charge in [0.2, 0.25) is 6.08 Å². The monoisotopic (exact) mass is 231 g/mol. The average Bonchev–Trinajstić information content (AvgIpc) is 2.36. The van der Waals surface area contributed by atoms with Crippen LogP contribution in [0, 0.1) is 0 Å². The van der Waals surface area contributed by atoms with Crippen molar-refractivity contribution in [3.63, 3.8) is 0 Å². The lowest BCUT2D eigenvalue weighted by Crippen LogP contribution is -1.81. The minimum atomic E-state index is -0.0659. The molecule has 0 aliphatic rings. The first-order valence-corrected chi connectivity index (χ1v) is 4.67. The largest absolute Gasteiger partial charge is 0.235 e. The lowest BCUT2D eigenvalue weighted by molar-refractivity contribution is 0.560. The third kappa shape index (κ3) is 2.26. The van der Waals surface area contributed by atoms with Gasteiger partial charge in [0.05, 0.1) is 9.83 Å². The summed E-state index contributed by atoms with van der Waals surface area (Å²) in [6.07, 6.45) is 1.54. The molecule has 0 saturated heterocycles. The van der Waals surface area contributed by atoms with Gasteiger partial charge in [0.15, 0.2) is 0 Å². The van der Waals surface area contributed by atoms with Crippen LogP contribution in [0.4, 0.5) is 0 Å². The Morgan fingerprint density at radius 2 is 2.45 bits per heavy atom. The molecule has 11 heavy (non-hydrogen) atoms. The molecule has 4 heteroatoms. The van der Waals surface area contributed by atoms with Gasteiger partial charge in [0.1, 0.15) is 0 Å². The highest BCUT2D eigenvalue weighted by Crippen LogP contribution is 2.28. The van der Waals surface area contributed by atoms with E-state index in [0.717, 1.165) is 8.66 Å². The number of thiophene rings is 1. The summed E-state index contributed by atoms with van der Waals surface area (Å²) in [5.41, 5.74) is 0. The molecule has 1 aromatic rings. The van der Waals surface area contributed by atoms with Crippen LogP contribution < -0.4 is 0 Å². The molecule has 58 valence electrons. The lowest BCUT2D eigenvalue weighted by atomic mass is 10.3. The number of rotatable bonds is 2. The highest BCUT2D eigenvalue weighted by atomic mass is 79.9. The normalized spacial score (nSPS) is 12.2. The van der Waals surface area contributed by atoms with Crippen molar-refractivity contribution >= 4 is 33.3 Å². The van der Waals surface area contributed by atoms with Crippen LogP contribution in [0.3, 0.4) is 0 Å². The van der Waals surface area contributed by atoms with Crippen LogP contribution in [0.2, 0.25) is 0 Å². The van der Waals surface area contributed by atoms with Crippen LogP contribution in [0.1, 0.15) is 17.8 Å². The van der Waals surface area contributed by atoms with Crippen molar-refractivity contribution in [2.45, 2.75) is 13.0 Å². The van der Waals surface area contributed by atoms with E-state index in [0.29, 0.717) is 0 Å². The van der Waals surface area contributed by atoms with E-state index in [9.17, 15) is 4.79 Å². The van der Waals surface area contributed by atoms with Gasteiger partial charge in [0, 0.05) is 4.88 Å². The van der Waals surface area contributed by atoms with E-state index in [-0.39, 0.29) is 6.04 Å². The Hall–Kier alpha value is -0.440. The van der Waals surface area contributed by atoms with Crippen molar-refractivity contribution in [1.82, 2.24) is 0 Å². The summed E-state index contributed by atoms with van der Waals surface area (Å²) in [6, 6.07) is 3.82. The minimum Gasteiger partial charge on any atom is -0.211 e. The number of isocyanates is 1. The second-order valence-electron chi connectivity index (χ2n) is 2.04. The van der Waals surface area contributed by atoms with Gasteiger partial charge in [-0.15, -0.1) is 11.3 Å². The maximum absolute atomic E-state index is 9.90. The van der Waals surface area contributed by atoms with Crippen molar-refractivity contribution in [3.05, 3.63) is 20.8 Å². The number of halogens is 1. The zero-order chi connectivity index (χ0) is 8.27. The van der Waals surface area contributed by atoms with E-state index < -0.39 is 0 Å². The molecular formula is C7H6BrNOS. The maximum atomic E-state index is 9.90. The molecule has 1 atom stereocenters. The first kappa shape index (κ1) is 8.65. The fourth-order valence-corrected chi connectivity index (χ4v) is 2.11. The second-order valence-corrected chi connectivity index (χ2v) is 4.53. The van der Waals surface area contributed by atoms with Gasteiger partial charge in [-0.3, -0.25) is 0 Å². The number of carbonyl (C=O) groups excluding carboxylic acids is 1. The third-order valence-electron chi connectivity index (χ3n) is 1.25. The molecule has 1 rings (SSSR count). The van der Waals surface area contributed by atoms with Gasteiger partial charge in [-0.05, 0) is 35.0 Å². The third-order valence-corrected chi connectivity index (χ3v) is 3.05. The van der Waals surface area contributed by atoms with E-state index in [1.54, 1.807) is 17.4 Å². The predicted molar refractivity (Wildman–Crippen MR) is 48.6 cm³/mol. The van der Waals surface area contributed by atoms with Gasteiger partial charge in [0.25, 0.3) is 0 Å². The molecule has 2 nitrogen and oxygen atoms in total. The number of hydrogen-bond donors (Lipinski definition) is 0. The topological polar surface area (TPSA) is 29.4 Å². The van der Waals surface area contributed by atoms with Gasteiger partial charge in [-0.1, -0.05) is 0 Å². The SMILES string of the molecule is CC(N=C=O)c1ccc(Br)s1. The van der Waals surface area contributed by atoms with Crippen molar-refractivity contribution < 1.29 is 4.79 Å². The fraction of sp³-hybridized carbons (Fsp3) is 0.286. The van der Waals surface area contributed by atoms with E-state index in [4.69, 9.17) is 0 Å². The number of hydrogen-bond acceptors (Lipinski definition) is 3. The van der Waals surface area contributed by atoms with E-state index >= 15 is 0 Å². The second kappa shape index (κ2) is 3.81. The van der Waals surface area contributed by atoms with Crippen LogP contribution in [0.15, 0.2) is 20.9 Å². The summed E-state index contributed by atoms with van der Waals surface area (Å²) in [5, 5.41) is 0. The molecule has 0 spiro atoms. The van der Waals surface area contributed by atoms with E-state index in [1.807, 2.05) is 19.1 Å². The highest BCUT2D eigenvalue weighted by Gasteiger charge is 2.04. The molecule has 0 bridgehead atoms. The maximum Gasteiger partial charge on any atom is 0.235 e. The standard InChI is InChI=1S/C7H6BrNOS/c1-5(9-4-10)6-2-3-7(8)11-6/h2-3,5H,1H3. The average molecular weight is 232 g/mol. The molecule has 0 aliphatic carbocycles. The summed E-state index contributed by atoms with van der Waals surface area (Å²) >= 11 is 4.91. The zero-order valence-electron chi connectivity index (χ0n) is 5.87. The molecule has 0 saturated carbocycles. The Balaban J connectivity index is 2.84.